The van der Waals surface area contributed by atoms with E-state index in [2.05, 4.69) is 15.1 Å². The van der Waals surface area contributed by atoms with Gasteiger partial charge in [-0.1, -0.05) is 18.0 Å². The number of carboxylic acids is 1. The molecule has 2 heterocycles. The lowest BCUT2D eigenvalue weighted by Gasteiger charge is -2.24. The van der Waals surface area contributed by atoms with Crippen molar-refractivity contribution in [2.45, 2.75) is 38.5 Å². The van der Waals surface area contributed by atoms with Crippen molar-refractivity contribution in [3.05, 3.63) is 24.2 Å². The predicted molar refractivity (Wildman–Crippen MR) is 70.9 cm³/mol. The predicted octanol–water partition coefficient (Wildman–Crippen LogP) is 2.64. The maximum absolute atomic E-state index is 11.1. The fraction of sp³-hybridized carbons (Fsp3) is 0.500. The van der Waals surface area contributed by atoms with Gasteiger partial charge in [-0.25, -0.2) is 0 Å². The van der Waals surface area contributed by atoms with Crippen molar-refractivity contribution in [3.8, 4) is 11.5 Å². The van der Waals surface area contributed by atoms with E-state index in [0.717, 1.165) is 31.4 Å². The van der Waals surface area contributed by atoms with Crippen LogP contribution >= 0.6 is 0 Å². The molecule has 1 fully saturated rings. The molecule has 0 atom stereocenters. The summed E-state index contributed by atoms with van der Waals surface area (Å²) < 4.78 is 5.28. The normalized spacial score (nSPS) is 17.4. The molecule has 2 N–H and O–H groups in total. The number of nitrogens with one attached hydrogen (secondary N) is 1. The van der Waals surface area contributed by atoms with Gasteiger partial charge in [-0.05, 0) is 30.4 Å². The van der Waals surface area contributed by atoms with Crippen LogP contribution in [-0.2, 0) is 11.2 Å². The average molecular weight is 275 g/mol. The van der Waals surface area contributed by atoms with Crippen LogP contribution in [0.15, 0.2) is 22.9 Å². The van der Waals surface area contributed by atoms with Crippen LogP contribution in [0.4, 0.5) is 0 Å². The Hall–Kier alpha value is -2.11. The highest BCUT2D eigenvalue weighted by Crippen LogP contribution is 2.43. The quantitative estimate of drug-likeness (QED) is 0.875. The molecule has 0 unspecified atom stereocenters. The summed E-state index contributed by atoms with van der Waals surface area (Å²) in [5.41, 5.74) is 0.587. The van der Waals surface area contributed by atoms with E-state index in [0.29, 0.717) is 18.1 Å². The minimum atomic E-state index is -0.754. The minimum Gasteiger partial charge on any atom is -0.481 e. The first-order valence-corrected chi connectivity index (χ1v) is 6.85. The van der Waals surface area contributed by atoms with E-state index in [4.69, 9.17) is 9.63 Å². The molecular weight excluding hydrogens is 258 g/mol. The Bertz CT molecular complexity index is 583. The second kappa shape index (κ2) is 5.11. The molecule has 20 heavy (non-hydrogen) atoms. The molecule has 3 rings (SSSR count). The molecule has 6 nitrogen and oxygen atoms in total. The van der Waals surface area contributed by atoms with Crippen molar-refractivity contribution in [2.24, 2.45) is 5.41 Å². The summed E-state index contributed by atoms with van der Waals surface area (Å²) in [4.78, 5) is 18.5. The lowest BCUT2D eigenvalue weighted by molar-refractivity contribution is -0.139. The summed E-state index contributed by atoms with van der Waals surface area (Å²) in [7, 11) is 0. The van der Waals surface area contributed by atoms with E-state index in [1.807, 2.05) is 12.1 Å². The molecule has 0 bridgehead atoms. The molecular formula is C14H17N3O3. The van der Waals surface area contributed by atoms with Gasteiger partial charge < -0.3 is 14.6 Å². The number of carboxylic acid groups (broad SMARTS) is 1. The number of carbonyl (C=O) groups is 1. The van der Waals surface area contributed by atoms with Crippen LogP contribution in [0, 0.1) is 5.41 Å². The van der Waals surface area contributed by atoms with Gasteiger partial charge in [0.25, 0.3) is 0 Å². The topological polar surface area (TPSA) is 92.0 Å². The van der Waals surface area contributed by atoms with Crippen molar-refractivity contribution in [1.82, 2.24) is 15.1 Å². The van der Waals surface area contributed by atoms with E-state index >= 15 is 0 Å². The molecule has 0 radical (unpaired) electrons. The second-order valence-electron chi connectivity index (χ2n) is 5.55. The number of nitrogens with zero attached hydrogens (tertiary/aromatic N) is 2. The van der Waals surface area contributed by atoms with Gasteiger partial charge in [0, 0.05) is 12.6 Å². The van der Waals surface area contributed by atoms with Crippen LogP contribution in [-0.4, -0.2) is 26.2 Å². The number of hydrogen-bond donors (Lipinski definition) is 2. The molecule has 6 heteroatoms. The molecule has 0 aromatic carbocycles. The molecule has 0 aliphatic heterocycles. The molecule has 0 saturated heterocycles. The van der Waals surface area contributed by atoms with Gasteiger partial charge in [0.1, 0.15) is 0 Å². The molecule has 1 aliphatic rings. The number of H-pyrrole nitrogens is 1. The highest BCUT2D eigenvalue weighted by Gasteiger charge is 2.37. The van der Waals surface area contributed by atoms with Crippen LogP contribution in [0.1, 0.15) is 38.0 Å². The summed E-state index contributed by atoms with van der Waals surface area (Å²) >= 11 is 0. The smallest absolute Gasteiger partial charge is 0.303 e. The van der Waals surface area contributed by atoms with E-state index in [1.165, 1.54) is 0 Å². The van der Waals surface area contributed by atoms with Crippen LogP contribution < -0.4 is 0 Å². The fourth-order valence-electron chi connectivity index (χ4n) is 3.09. The van der Waals surface area contributed by atoms with Crippen molar-refractivity contribution < 1.29 is 14.4 Å². The highest BCUT2D eigenvalue weighted by atomic mass is 16.5. The zero-order valence-corrected chi connectivity index (χ0v) is 11.1. The highest BCUT2D eigenvalue weighted by molar-refractivity contribution is 5.67. The van der Waals surface area contributed by atoms with Gasteiger partial charge in [-0.2, -0.15) is 4.98 Å². The Labute approximate surface area is 116 Å². The summed E-state index contributed by atoms with van der Waals surface area (Å²) in [6.07, 6.45) is 6.50. The number of aliphatic carboxylic acids is 1. The molecule has 1 saturated carbocycles. The van der Waals surface area contributed by atoms with Gasteiger partial charge >= 0.3 is 5.97 Å². The Morgan fingerprint density at radius 3 is 2.90 bits per heavy atom. The maximum Gasteiger partial charge on any atom is 0.303 e. The van der Waals surface area contributed by atoms with Gasteiger partial charge in [0.05, 0.1) is 12.1 Å². The lowest BCUT2D eigenvalue weighted by atomic mass is 9.79. The maximum atomic E-state index is 11.1. The van der Waals surface area contributed by atoms with E-state index in [-0.39, 0.29) is 11.8 Å². The van der Waals surface area contributed by atoms with Crippen molar-refractivity contribution in [1.29, 1.82) is 0 Å². The third-order valence-electron chi connectivity index (χ3n) is 4.02. The fourth-order valence-corrected chi connectivity index (χ4v) is 3.09. The minimum absolute atomic E-state index is 0.174. The monoisotopic (exact) mass is 275 g/mol. The van der Waals surface area contributed by atoms with Crippen molar-refractivity contribution >= 4 is 5.97 Å². The molecule has 1 aliphatic carbocycles. The van der Waals surface area contributed by atoms with Gasteiger partial charge in [-0.3, -0.25) is 4.79 Å². The molecule has 2 aromatic rings. The summed E-state index contributed by atoms with van der Waals surface area (Å²) in [6, 6.07) is 3.74. The molecule has 0 spiro atoms. The summed E-state index contributed by atoms with van der Waals surface area (Å²) in [6.45, 7) is 0. The summed E-state index contributed by atoms with van der Waals surface area (Å²) in [5, 5.41) is 13.0. The number of hydrogen-bond acceptors (Lipinski definition) is 4. The Morgan fingerprint density at radius 1 is 1.45 bits per heavy atom. The second-order valence-corrected chi connectivity index (χ2v) is 5.55. The first-order chi connectivity index (χ1) is 9.67. The first kappa shape index (κ1) is 12.9. The third kappa shape index (κ3) is 2.59. The summed E-state index contributed by atoms with van der Waals surface area (Å²) in [5.74, 6) is 0.294. The van der Waals surface area contributed by atoms with Crippen LogP contribution in [0.5, 0.6) is 0 Å². The number of aromatic amines is 1. The van der Waals surface area contributed by atoms with Crippen LogP contribution in [0.3, 0.4) is 0 Å². The number of aromatic nitrogens is 3. The molecule has 0 amide bonds. The van der Waals surface area contributed by atoms with Crippen molar-refractivity contribution in [2.75, 3.05) is 0 Å². The van der Waals surface area contributed by atoms with E-state index in [9.17, 15) is 4.79 Å². The molecule has 106 valence electrons. The van der Waals surface area contributed by atoms with E-state index < -0.39 is 5.97 Å². The largest absolute Gasteiger partial charge is 0.481 e. The first-order valence-electron chi connectivity index (χ1n) is 6.85. The van der Waals surface area contributed by atoms with Gasteiger partial charge in [0.15, 0.2) is 0 Å². The van der Waals surface area contributed by atoms with Gasteiger partial charge in [0.2, 0.25) is 11.7 Å². The van der Waals surface area contributed by atoms with E-state index in [1.54, 1.807) is 6.20 Å². The zero-order chi connectivity index (χ0) is 14.0. The third-order valence-corrected chi connectivity index (χ3v) is 4.02. The standard InChI is InChI=1S/C14H17N3O3/c18-12(19)9-14(5-1-2-6-14)8-11-16-13(17-20-11)10-4-3-7-15-10/h3-4,7,15H,1-2,5-6,8-9H2,(H,18,19). The average Bonchev–Trinajstić information content (AvgIpc) is 3.08. The SMILES string of the molecule is O=C(O)CC1(Cc2nc(-c3ccc[nH]3)no2)CCCC1. The Morgan fingerprint density at radius 2 is 2.25 bits per heavy atom. The zero-order valence-electron chi connectivity index (χ0n) is 11.1. The van der Waals surface area contributed by atoms with Crippen LogP contribution in [0.25, 0.3) is 11.5 Å². The Kier molecular flexibility index (Phi) is 3.30. The molecule has 2 aromatic heterocycles. The van der Waals surface area contributed by atoms with Crippen LogP contribution in [0.2, 0.25) is 0 Å². The lowest BCUT2D eigenvalue weighted by Crippen LogP contribution is -2.23. The van der Waals surface area contributed by atoms with Crippen molar-refractivity contribution in [3.63, 3.8) is 0 Å². The number of rotatable bonds is 5. The van der Waals surface area contributed by atoms with Gasteiger partial charge in [-0.15, -0.1) is 0 Å². The Balaban J connectivity index is 1.77.